The van der Waals surface area contributed by atoms with Gasteiger partial charge in [0, 0.05) is 36.9 Å². The number of likely N-dealkylation sites (tertiary alicyclic amines) is 1. The van der Waals surface area contributed by atoms with E-state index in [2.05, 4.69) is 51.2 Å². The van der Waals surface area contributed by atoms with E-state index in [-0.39, 0.29) is 0 Å². The lowest BCUT2D eigenvalue weighted by Gasteiger charge is -2.20. The summed E-state index contributed by atoms with van der Waals surface area (Å²) in [6.45, 7) is 10.1. The Morgan fingerprint density at radius 1 is 1.56 bits per heavy atom. The molecule has 3 nitrogen and oxygen atoms in total. The summed E-state index contributed by atoms with van der Waals surface area (Å²) in [5.41, 5.74) is 1.39. The first-order chi connectivity index (χ1) is 7.63. The van der Waals surface area contributed by atoms with Gasteiger partial charge in [0.1, 0.15) is 0 Å². The Morgan fingerprint density at radius 2 is 2.31 bits per heavy atom. The van der Waals surface area contributed by atoms with Crippen LogP contribution in [0.25, 0.3) is 0 Å². The summed E-state index contributed by atoms with van der Waals surface area (Å²) in [5.74, 6) is 0.654. The van der Waals surface area contributed by atoms with Gasteiger partial charge < -0.3 is 9.47 Å². The highest BCUT2D eigenvalue weighted by Gasteiger charge is 2.27. The van der Waals surface area contributed by atoms with Gasteiger partial charge in [-0.2, -0.15) is 0 Å². The summed E-state index contributed by atoms with van der Waals surface area (Å²) < 4.78 is 3.24. The molecule has 1 unspecified atom stereocenters. The lowest BCUT2D eigenvalue weighted by atomic mass is 10.1. The second kappa shape index (κ2) is 4.88. The lowest BCUT2D eigenvalue weighted by molar-refractivity contribution is 0.272. The highest BCUT2D eigenvalue weighted by Crippen LogP contribution is 2.29. The van der Waals surface area contributed by atoms with Crippen molar-refractivity contribution in [2.45, 2.75) is 45.7 Å². The van der Waals surface area contributed by atoms with Gasteiger partial charge in [0.15, 0.2) is 4.73 Å². The van der Waals surface area contributed by atoms with E-state index < -0.39 is 0 Å². The minimum absolute atomic E-state index is 0.654. The molecule has 0 aromatic carbocycles. The Bertz CT molecular complexity index is 359. The van der Waals surface area contributed by atoms with Gasteiger partial charge in [0.25, 0.3) is 0 Å². The van der Waals surface area contributed by atoms with Crippen molar-refractivity contribution in [3.8, 4) is 0 Å². The largest absolute Gasteiger partial charge is 0.323 e. The molecule has 1 aliphatic heterocycles. The van der Waals surface area contributed by atoms with Crippen molar-refractivity contribution in [3.63, 3.8) is 0 Å². The normalized spacial score (nSPS) is 22.2. The molecule has 2 heterocycles. The van der Waals surface area contributed by atoms with Crippen molar-refractivity contribution in [2.75, 3.05) is 13.1 Å². The summed E-state index contributed by atoms with van der Waals surface area (Å²) in [4.78, 5) is 6.91. The van der Waals surface area contributed by atoms with E-state index in [1.165, 1.54) is 25.2 Å². The van der Waals surface area contributed by atoms with Crippen LogP contribution in [0.4, 0.5) is 0 Å². The zero-order valence-electron chi connectivity index (χ0n) is 10.3. The van der Waals surface area contributed by atoms with Crippen LogP contribution in [0.1, 0.15) is 38.8 Å². The van der Waals surface area contributed by atoms with Gasteiger partial charge in [0.2, 0.25) is 0 Å². The van der Waals surface area contributed by atoms with Gasteiger partial charge in [-0.05, 0) is 49.7 Å². The smallest absolute Gasteiger partial charge is 0.177 e. The first-order valence-electron chi connectivity index (χ1n) is 6.08. The molecular formula is C12H20BrN3. The van der Waals surface area contributed by atoms with E-state index in [1.807, 2.05) is 6.20 Å². The van der Waals surface area contributed by atoms with Crippen LogP contribution in [0, 0.1) is 0 Å². The van der Waals surface area contributed by atoms with Gasteiger partial charge in [0.05, 0.1) is 0 Å². The molecule has 1 aromatic heterocycles. The predicted octanol–water partition coefficient (Wildman–Crippen LogP) is 2.86. The van der Waals surface area contributed by atoms with E-state index in [0.717, 1.165) is 11.3 Å². The minimum atomic E-state index is 0.654. The fourth-order valence-electron chi connectivity index (χ4n) is 2.50. The summed E-state index contributed by atoms with van der Waals surface area (Å²) in [5, 5.41) is 0. The monoisotopic (exact) mass is 285 g/mol. The Morgan fingerprint density at radius 3 is 2.88 bits per heavy atom. The highest BCUT2D eigenvalue weighted by molar-refractivity contribution is 9.10. The number of hydrogen-bond acceptors (Lipinski definition) is 2. The molecule has 90 valence electrons. The number of halogens is 1. The van der Waals surface area contributed by atoms with Crippen molar-refractivity contribution < 1.29 is 0 Å². The first-order valence-corrected chi connectivity index (χ1v) is 6.87. The van der Waals surface area contributed by atoms with Gasteiger partial charge in [-0.3, -0.25) is 0 Å². The van der Waals surface area contributed by atoms with E-state index in [4.69, 9.17) is 0 Å². The zero-order chi connectivity index (χ0) is 11.7. The predicted molar refractivity (Wildman–Crippen MR) is 69.7 cm³/mol. The number of hydrogen-bond donors (Lipinski definition) is 0. The van der Waals surface area contributed by atoms with E-state index in [0.29, 0.717) is 12.0 Å². The van der Waals surface area contributed by atoms with Gasteiger partial charge in [-0.1, -0.05) is 0 Å². The van der Waals surface area contributed by atoms with Crippen LogP contribution >= 0.6 is 15.9 Å². The third-order valence-corrected chi connectivity index (χ3v) is 4.16. The molecule has 2 rings (SSSR count). The summed E-state index contributed by atoms with van der Waals surface area (Å²) in [6, 6.07) is 0.659. The molecule has 0 N–H and O–H groups in total. The van der Waals surface area contributed by atoms with Gasteiger partial charge in [-0.15, -0.1) is 0 Å². The molecule has 16 heavy (non-hydrogen) atoms. The highest BCUT2D eigenvalue weighted by atomic mass is 79.9. The maximum absolute atomic E-state index is 4.36. The molecule has 4 heteroatoms. The topological polar surface area (TPSA) is 21.1 Å². The Kier molecular flexibility index (Phi) is 3.70. The Labute approximate surface area is 106 Å². The van der Waals surface area contributed by atoms with Crippen LogP contribution in [0.15, 0.2) is 10.9 Å². The van der Waals surface area contributed by atoms with Crippen LogP contribution < -0.4 is 0 Å². The lowest BCUT2D eigenvalue weighted by Crippen LogP contribution is -2.28. The standard InChI is InChI=1S/C12H20BrN3/c1-4-16-11(7-14-12(16)13)10-5-6-15(8-10)9(2)3/h7,9-10H,4-6,8H2,1-3H3. The number of nitrogens with zero attached hydrogens (tertiary/aromatic N) is 3. The van der Waals surface area contributed by atoms with Crippen LogP contribution in [-0.4, -0.2) is 33.6 Å². The molecule has 0 saturated carbocycles. The zero-order valence-corrected chi connectivity index (χ0v) is 11.9. The summed E-state index contributed by atoms with van der Waals surface area (Å²) in [6.07, 6.45) is 3.29. The molecule has 0 bridgehead atoms. The number of aromatic nitrogens is 2. The number of rotatable bonds is 3. The van der Waals surface area contributed by atoms with E-state index >= 15 is 0 Å². The molecule has 1 fully saturated rings. The minimum Gasteiger partial charge on any atom is -0.323 e. The molecule has 0 spiro atoms. The summed E-state index contributed by atoms with van der Waals surface area (Å²) in [7, 11) is 0. The fraction of sp³-hybridized carbons (Fsp3) is 0.750. The number of imidazole rings is 1. The van der Waals surface area contributed by atoms with Crippen LogP contribution in [-0.2, 0) is 6.54 Å². The van der Waals surface area contributed by atoms with Crippen LogP contribution in [0.3, 0.4) is 0 Å². The van der Waals surface area contributed by atoms with Crippen LogP contribution in [0.2, 0.25) is 0 Å². The molecule has 0 aliphatic carbocycles. The second-order valence-corrected chi connectivity index (χ2v) is 5.48. The van der Waals surface area contributed by atoms with Crippen molar-refractivity contribution >= 4 is 15.9 Å². The average molecular weight is 286 g/mol. The summed E-state index contributed by atoms with van der Waals surface area (Å²) >= 11 is 3.51. The maximum atomic E-state index is 4.36. The van der Waals surface area contributed by atoms with Gasteiger partial charge >= 0.3 is 0 Å². The maximum Gasteiger partial charge on any atom is 0.177 e. The first kappa shape index (κ1) is 12.1. The quantitative estimate of drug-likeness (QED) is 0.852. The average Bonchev–Trinajstić information content (AvgIpc) is 2.83. The molecule has 0 amide bonds. The van der Waals surface area contributed by atoms with Crippen molar-refractivity contribution in [2.24, 2.45) is 0 Å². The third-order valence-electron chi connectivity index (χ3n) is 3.52. The third kappa shape index (κ3) is 2.18. The molecular weight excluding hydrogens is 266 g/mol. The molecule has 1 saturated heterocycles. The van der Waals surface area contributed by atoms with E-state index in [1.54, 1.807) is 0 Å². The molecule has 1 aromatic rings. The second-order valence-electron chi connectivity index (χ2n) is 4.77. The molecule has 1 atom stereocenters. The molecule has 1 aliphatic rings. The Hall–Kier alpha value is -0.350. The molecule has 0 radical (unpaired) electrons. The Balaban J connectivity index is 2.14. The van der Waals surface area contributed by atoms with Crippen LogP contribution in [0.5, 0.6) is 0 Å². The van der Waals surface area contributed by atoms with Crippen molar-refractivity contribution in [1.82, 2.24) is 14.5 Å². The van der Waals surface area contributed by atoms with Gasteiger partial charge in [-0.25, -0.2) is 4.98 Å². The van der Waals surface area contributed by atoms with E-state index in [9.17, 15) is 0 Å². The van der Waals surface area contributed by atoms with Crippen molar-refractivity contribution in [3.05, 3.63) is 16.6 Å². The fourth-order valence-corrected chi connectivity index (χ4v) is 3.06. The SMILES string of the molecule is CCn1c(C2CCN(C(C)C)C2)cnc1Br. The van der Waals surface area contributed by atoms with Crippen molar-refractivity contribution in [1.29, 1.82) is 0 Å².